The standard InChI is InChI=1S/C26H29F3N4O6S/c1-18-23(39-25(30-18)20-6-8-21(9-7-20)26(27,28)29)17-38-22-5-3-4-19(14-22)15-33(16-24(34)35)40(36,37)32-12-10-31(2)11-13-32/h3-9,14H,10-13,15-17H2,1-2H3,(H,34,35). The van der Waals surface area contributed by atoms with Crippen molar-refractivity contribution in [2.45, 2.75) is 26.3 Å². The summed E-state index contributed by atoms with van der Waals surface area (Å²) in [5.74, 6) is -0.367. The van der Waals surface area contributed by atoms with Crippen molar-refractivity contribution in [3.05, 3.63) is 71.1 Å². The van der Waals surface area contributed by atoms with Crippen LogP contribution in [-0.4, -0.2) is 77.8 Å². The molecule has 1 N–H and O–H groups in total. The zero-order valence-corrected chi connectivity index (χ0v) is 22.7. The Morgan fingerprint density at radius 2 is 1.80 bits per heavy atom. The second kappa shape index (κ2) is 12.0. The van der Waals surface area contributed by atoms with Crippen LogP contribution in [0, 0.1) is 6.92 Å². The van der Waals surface area contributed by atoms with Crippen molar-refractivity contribution >= 4 is 16.2 Å². The minimum atomic E-state index is -4.45. The van der Waals surface area contributed by atoms with Crippen molar-refractivity contribution in [1.82, 2.24) is 18.5 Å². The molecule has 0 bridgehead atoms. The molecule has 0 amide bonds. The van der Waals surface area contributed by atoms with Crippen LogP contribution in [-0.2, 0) is 34.3 Å². The van der Waals surface area contributed by atoms with Gasteiger partial charge in [-0.3, -0.25) is 4.79 Å². The second-order valence-corrected chi connectivity index (χ2v) is 11.3. The van der Waals surface area contributed by atoms with E-state index >= 15 is 0 Å². The molecular weight excluding hydrogens is 553 g/mol. The molecule has 0 aliphatic carbocycles. The van der Waals surface area contributed by atoms with Gasteiger partial charge in [0.1, 0.15) is 18.9 Å². The molecule has 0 atom stereocenters. The van der Waals surface area contributed by atoms with Crippen LogP contribution in [0.2, 0.25) is 0 Å². The van der Waals surface area contributed by atoms with Crippen molar-refractivity contribution in [2.75, 3.05) is 39.8 Å². The maximum atomic E-state index is 13.2. The van der Waals surface area contributed by atoms with E-state index in [1.165, 1.54) is 16.4 Å². The predicted molar refractivity (Wildman–Crippen MR) is 138 cm³/mol. The summed E-state index contributed by atoms with van der Waals surface area (Å²) >= 11 is 0. The molecule has 4 rings (SSSR count). The Hall–Kier alpha value is -3.46. The van der Waals surface area contributed by atoms with Crippen LogP contribution < -0.4 is 4.74 Å². The molecular formula is C26H29F3N4O6S. The third kappa shape index (κ3) is 7.18. The van der Waals surface area contributed by atoms with Crippen molar-refractivity contribution in [3.8, 4) is 17.2 Å². The topological polar surface area (TPSA) is 116 Å². The Morgan fingerprint density at radius 3 is 2.42 bits per heavy atom. The summed E-state index contributed by atoms with van der Waals surface area (Å²) in [4.78, 5) is 17.8. The lowest BCUT2D eigenvalue weighted by atomic mass is 10.1. The highest BCUT2D eigenvalue weighted by molar-refractivity contribution is 7.86. The quantitative estimate of drug-likeness (QED) is 0.385. The van der Waals surface area contributed by atoms with E-state index in [0.717, 1.165) is 16.4 Å². The normalized spacial score (nSPS) is 15.4. The average molecular weight is 583 g/mol. The molecule has 1 aliphatic rings. The average Bonchev–Trinajstić information content (AvgIpc) is 3.27. The van der Waals surface area contributed by atoms with E-state index in [2.05, 4.69) is 4.98 Å². The number of halogens is 3. The van der Waals surface area contributed by atoms with Gasteiger partial charge in [-0.05, 0) is 55.9 Å². The molecule has 216 valence electrons. The number of piperazine rings is 1. The minimum absolute atomic E-state index is 0.0403. The number of carboxylic acids is 1. The Labute approximate surface area is 229 Å². The molecule has 3 aromatic rings. The van der Waals surface area contributed by atoms with Crippen molar-refractivity contribution in [2.24, 2.45) is 0 Å². The van der Waals surface area contributed by atoms with Gasteiger partial charge in [0.15, 0.2) is 5.76 Å². The number of aromatic nitrogens is 1. The van der Waals surface area contributed by atoms with Gasteiger partial charge in [0.05, 0.1) is 11.3 Å². The van der Waals surface area contributed by atoms with E-state index in [1.54, 1.807) is 31.2 Å². The van der Waals surface area contributed by atoms with Gasteiger partial charge >= 0.3 is 12.1 Å². The number of ether oxygens (including phenoxy) is 1. The molecule has 14 heteroatoms. The SMILES string of the molecule is Cc1nc(-c2ccc(C(F)(F)F)cc2)oc1COc1cccc(CN(CC(=O)O)S(=O)(=O)N2CCN(C)CC2)c1. The van der Waals surface area contributed by atoms with Gasteiger partial charge in [-0.25, -0.2) is 4.98 Å². The number of likely N-dealkylation sites (N-methyl/N-ethyl adjacent to an activating group) is 1. The van der Waals surface area contributed by atoms with Gasteiger partial charge in [-0.1, -0.05) is 12.1 Å². The molecule has 1 saturated heterocycles. The van der Waals surface area contributed by atoms with Crippen LogP contribution in [0.25, 0.3) is 11.5 Å². The first-order valence-electron chi connectivity index (χ1n) is 12.3. The smallest absolute Gasteiger partial charge is 0.416 e. The Kier molecular flexibility index (Phi) is 8.83. The Bertz CT molecular complexity index is 1440. The van der Waals surface area contributed by atoms with Crippen LogP contribution >= 0.6 is 0 Å². The van der Waals surface area contributed by atoms with Crippen LogP contribution in [0.3, 0.4) is 0 Å². The van der Waals surface area contributed by atoms with Gasteiger partial charge in [-0.15, -0.1) is 0 Å². The first-order chi connectivity index (χ1) is 18.8. The maximum Gasteiger partial charge on any atom is 0.416 e. The molecule has 2 aromatic carbocycles. The van der Waals surface area contributed by atoms with Crippen LogP contribution in [0.5, 0.6) is 5.75 Å². The summed E-state index contributed by atoms with van der Waals surface area (Å²) in [6, 6.07) is 11.1. The second-order valence-electron chi connectivity index (χ2n) is 9.41. The molecule has 2 heterocycles. The van der Waals surface area contributed by atoms with Crippen LogP contribution in [0.15, 0.2) is 52.9 Å². The number of hydrogen-bond acceptors (Lipinski definition) is 7. The first kappa shape index (κ1) is 29.5. The minimum Gasteiger partial charge on any atom is -0.486 e. The fourth-order valence-corrected chi connectivity index (χ4v) is 5.66. The molecule has 10 nitrogen and oxygen atoms in total. The first-order valence-corrected chi connectivity index (χ1v) is 13.7. The monoisotopic (exact) mass is 582 g/mol. The number of benzene rings is 2. The third-order valence-corrected chi connectivity index (χ3v) is 8.33. The van der Waals surface area contributed by atoms with Crippen molar-refractivity contribution in [3.63, 3.8) is 0 Å². The number of oxazole rings is 1. The lowest BCUT2D eigenvalue weighted by Crippen LogP contribution is -2.52. The van der Waals surface area contributed by atoms with E-state index in [0.29, 0.717) is 41.4 Å². The van der Waals surface area contributed by atoms with Gasteiger partial charge in [0.25, 0.3) is 10.2 Å². The summed E-state index contributed by atoms with van der Waals surface area (Å²) in [6.07, 6.45) is -4.45. The highest BCUT2D eigenvalue weighted by Gasteiger charge is 2.33. The van der Waals surface area contributed by atoms with Crippen LogP contribution in [0.1, 0.15) is 22.6 Å². The number of aryl methyl sites for hydroxylation is 1. The molecule has 1 aromatic heterocycles. The molecule has 0 unspecified atom stereocenters. The predicted octanol–water partition coefficient (Wildman–Crippen LogP) is 3.63. The van der Waals surface area contributed by atoms with E-state index < -0.39 is 34.5 Å². The zero-order chi connectivity index (χ0) is 29.1. The summed E-state index contributed by atoms with van der Waals surface area (Å²) in [5.41, 5.74) is 0.624. The van der Waals surface area contributed by atoms with Gasteiger partial charge in [0, 0.05) is 38.3 Å². The number of alkyl halides is 3. The molecule has 0 saturated carbocycles. The van der Waals surface area contributed by atoms with E-state index in [4.69, 9.17) is 9.15 Å². The summed E-state index contributed by atoms with van der Waals surface area (Å²) in [7, 11) is -2.13. The Morgan fingerprint density at radius 1 is 1.12 bits per heavy atom. The number of carboxylic acid groups (broad SMARTS) is 1. The molecule has 1 aliphatic heterocycles. The summed E-state index contributed by atoms with van der Waals surface area (Å²) in [6.45, 7) is 2.41. The van der Waals surface area contributed by atoms with E-state index in [-0.39, 0.29) is 32.1 Å². The fourth-order valence-electron chi connectivity index (χ4n) is 4.13. The van der Waals surface area contributed by atoms with Gasteiger partial charge in [-0.2, -0.15) is 30.2 Å². The maximum absolute atomic E-state index is 13.2. The highest BCUT2D eigenvalue weighted by Crippen LogP contribution is 2.31. The number of nitrogens with zero attached hydrogens (tertiary/aromatic N) is 4. The van der Waals surface area contributed by atoms with Crippen molar-refractivity contribution < 1.29 is 40.6 Å². The van der Waals surface area contributed by atoms with Crippen molar-refractivity contribution in [1.29, 1.82) is 0 Å². The number of hydrogen-bond donors (Lipinski definition) is 1. The van der Waals surface area contributed by atoms with E-state index in [9.17, 15) is 31.5 Å². The fraction of sp³-hybridized carbons (Fsp3) is 0.385. The molecule has 0 radical (unpaired) electrons. The highest BCUT2D eigenvalue weighted by atomic mass is 32.2. The third-order valence-electron chi connectivity index (χ3n) is 6.41. The van der Waals surface area contributed by atoms with Gasteiger partial charge in [0.2, 0.25) is 5.89 Å². The largest absolute Gasteiger partial charge is 0.486 e. The summed E-state index contributed by atoms with van der Waals surface area (Å²) < 4.78 is 78.7. The molecule has 0 spiro atoms. The summed E-state index contributed by atoms with van der Waals surface area (Å²) in [5, 5.41) is 9.37. The molecule has 40 heavy (non-hydrogen) atoms. The van der Waals surface area contributed by atoms with E-state index in [1.807, 2.05) is 11.9 Å². The molecule has 1 fully saturated rings. The van der Waals surface area contributed by atoms with Crippen LogP contribution in [0.4, 0.5) is 13.2 Å². The zero-order valence-electron chi connectivity index (χ0n) is 21.9. The lowest BCUT2D eigenvalue weighted by Gasteiger charge is -2.34. The number of aliphatic carboxylic acids is 1. The lowest BCUT2D eigenvalue weighted by molar-refractivity contribution is -0.138. The Balaban J connectivity index is 1.44. The number of rotatable bonds is 10. The van der Waals surface area contributed by atoms with Gasteiger partial charge < -0.3 is 19.2 Å². The number of carbonyl (C=O) groups is 1.